The maximum Gasteiger partial charge on any atom is 0.272 e. The summed E-state index contributed by atoms with van der Waals surface area (Å²) < 4.78 is 36.6. The van der Waals surface area contributed by atoms with Crippen LogP contribution in [0, 0.1) is 23.1 Å². The predicted molar refractivity (Wildman–Crippen MR) is 114 cm³/mol. The first kappa shape index (κ1) is 22.0. The highest BCUT2D eigenvalue weighted by Gasteiger charge is 2.32. The molecule has 1 aromatic carbocycles. The van der Waals surface area contributed by atoms with E-state index in [0.29, 0.717) is 34.8 Å². The van der Waals surface area contributed by atoms with Crippen LogP contribution in [-0.2, 0) is 23.4 Å². The van der Waals surface area contributed by atoms with Gasteiger partial charge in [0.2, 0.25) is 0 Å². The average molecular weight is 432 g/mol. The van der Waals surface area contributed by atoms with Crippen LogP contribution in [0.1, 0.15) is 48.8 Å². The zero-order valence-corrected chi connectivity index (χ0v) is 18.3. The van der Waals surface area contributed by atoms with Crippen LogP contribution in [0.5, 0.6) is 0 Å². The molecule has 2 aromatic rings. The molecule has 1 amide bonds. The van der Waals surface area contributed by atoms with Gasteiger partial charge in [0.1, 0.15) is 27.5 Å². The highest BCUT2D eigenvalue weighted by Crippen LogP contribution is 2.30. The second-order valence-electron chi connectivity index (χ2n) is 7.67. The van der Waals surface area contributed by atoms with Crippen LogP contribution in [0.4, 0.5) is 10.1 Å². The van der Waals surface area contributed by atoms with Crippen molar-refractivity contribution in [2.75, 3.05) is 11.9 Å². The average Bonchev–Trinajstić information content (AvgIpc) is 2.96. The van der Waals surface area contributed by atoms with Crippen molar-refractivity contribution in [3.63, 3.8) is 0 Å². The first-order valence-electron chi connectivity index (χ1n) is 9.89. The van der Waals surface area contributed by atoms with Gasteiger partial charge in [0.25, 0.3) is 5.91 Å². The van der Waals surface area contributed by atoms with Crippen LogP contribution in [0.25, 0.3) is 0 Å². The topological polar surface area (TPSA) is 99.3 Å². The number of aryl methyl sites for hydroxylation is 1. The third kappa shape index (κ3) is 4.11. The van der Waals surface area contributed by atoms with Crippen molar-refractivity contribution in [2.45, 2.75) is 44.6 Å². The van der Waals surface area contributed by atoms with Crippen LogP contribution in [0.15, 0.2) is 33.7 Å². The van der Waals surface area contributed by atoms with E-state index in [1.807, 2.05) is 6.92 Å². The summed E-state index contributed by atoms with van der Waals surface area (Å²) in [6.07, 6.45) is 3.00. The lowest BCUT2D eigenvalue weighted by Gasteiger charge is -2.21. The molecule has 9 heteroatoms. The number of hydrogen-bond donors (Lipinski definition) is 2. The van der Waals surface area contributed by atoms with E-state index in [9.17, 15) is 13.4 Å². The molecule has 3 rings (SSSR count). The van der Waals surface area contributed by atoms with Crippen LogP contribution in [0.2, 0.25) is 0 Å². The first-order chi connectivity index (χ1) is 14.2. The molecule has 160 valence electrons. The second kappa shape index (κ2) is 8.58. The van der Waals surface area contributed by atoms with Crippen molar-refractivity contribution in [1.82, 2.24) is 9.29 Å². The molecule has 2 atom stereocenters. The molecule has 1 aliphatic rings. The molecule has 2 heterocycles. The molecule has 7 nitrogen and oxygen atoms in total. The molecule has 0 fully saturated rings. The lowest BCUT2D eigenvalue weighted by Crippen LogP contribution is -2.37. The fraction of sp³-hybridized carbons (Fsp3) is 0.429. The lowest BCUT2D eigenvalue weighted by atomic mass is 9.97. The Morgan fingerprint density at radius 2 is 2.23 bits per heavy atom. The van der Waals surface area contributed by atoms with Crippen molar-refractivity contribution < 1.29 is 13.4 Å². The van der Waals surface area contributed by atoms with Gasteiger partial charge in [-0.05, 0) is 43.9 Å². The SMILES string of the molecule is CCN=S1(=O)NC(C(C)C)CCc2c1cn(C)c2C(=O)Nc1ccc(F)c(C#N)c1. The molecule has 0 bridgehead atoms. The molecular weight excluding hydrogens is 405 g/mol. The Labute approximate surface area is 176 Å². The van der Waals surface area contributed by atoms with Gasteiger partial charge < -0.3 is 9.88 Å². The predicted octanol–water partition coefficient (Wildman–Crippen LogP) is 3.61. The number of hydrogen-bond acceptors (Lipinski definition) is 4. The largest absolute Gasteiger partial charge is 0.345 e. The standard InChI is InChI=1S/C21H26FN5O2S/c1-5-24-30(29)19-12-27(4)20(16(19)7-9-18(26-30)13(2)3)21(28)25-15-6-8-17(22)14(10-15)11-23/h6,8,10,12-13,18H,5,7,9H2,1-4H3,(H,25,28)(H,24,26,29). The van der Waals surface area contributed by atoms with Gasteiger partial charge in [0, 0.05) is 37.1 Å². The smallest absolute Gasteiger partial charge is 0.272 e. The number of nitrogens with zero attached hydrogens (tertiary/aromatic N) is 3. The summed E-state index contributed by atoms with van der Waals surface area (Å²) in [6.45, 7) is 6.35. The number of carbonyl (C=O) groups is 1. The van der Waals surface area contributed by atoms with E-state index in [-0.39, 0.29) is 17.5 Å². The van der Waals surface area contributed by atoms with E-state index in [1.54, 1.807) is 23.9 Å². The van der Waals surface area contributed by atoms with Crippen LogP contribution in [0.3, 0.4) is 0 Å². The molecule has 0 spiro atoms. The van der Waals surface area contributed by atoms with Gasteiger partial charge in [-0.25, -0.2) is 17.7 Å². The summed E-state index contributed by atoms with van der Waals surface area (Å²) >= 11 is 0. The minimum absolute atomic E-state index is 0.0108. The number of anilines is 1. The molecule has 2 unspecified atom stereocenters. The number of nitrogens with one attached hydrogen (secondary N) is 2. The van der Waals surface area contributed by atoms with Gasteiger partial charge in [-0.3, -0.25) is 4.79 Å². The number of amides is 1. The maximum atomic E-state index is 13.7. The van der Waals surface area contributed by atoms with Crippen molar-refractivity contribution in [3.8, 4) is 6.07 Å². The van der Waals surface area contributed by atoms with Crippen molar-refractivity contribution in [1.29, 1.82) is 5.26 Å². The molecule has 0 radical (unpaired) electrons. The Kier molecular flexibility index (Phi) is 6.29. The number of halogens is 1. The monoisotopic (exact) mass is 431 g/mol. The number of benzene rings is 1. The number of rotatable bonds is 4. The van der Waals surface area contributed by atoms with E-state index < -0.39 is 21.6 Å². The summed E-state index contributed by atoms with van der Waals surface area (Å²) in [5.74, 6) is -0.790. The fourth-order valence-corrected chi connectivity index (χ4v) is 6.03. The molecule has 1 aliphatic heterocycles. The Bertz CT molecular complexity index is 1140. The number of aromatic nitrogens is 1. The molecular formula is C21H26FN5O2S. The van der Waals surface area contributed by atoms with Gasteiger partial charge in [-0.15, -0.1) is 0 Å². The zero-order chi connectivity index (χ0) is 22.1. The van der Waals surface area contributed by atoms with Gasteiger partial charge in [0.05, 0.1) is 10.5 Å². The Morgan fingerprint density at radius 3 is 2.87 bits per heavy atom. The molecule has 0 aliphatic carbocycles. The van der Waals surface area contributed by atoms with Crippen molar-refractivity contribution in [3.05, 3.63) is 47.0 Å². The third-order valence-corrected chi connectivity index (χ3v) is 7.43. The minimum Gasteiger partial charge on any atom is -0.345 e. The quantitative estimate of drug-likeness (QED) is 0.773. The first-order valence-corrected chi connectivity index (χ1v) is 11.4. The highest BCUT2D eigenvalue weighted by molar-refractivity contribution is 7.91. The van der Waals surface area contributed by atoms with Crippen LogP contribution < -0.4 is 10.0 Å². The van der Waals surface area contributed by atoms with E-state index in [2.05, 4.69) is 28.2 Å². The van der Waals surface area contributed by atoms with E-state index in [4.69, 9.17) is 5.26 Å². The van der Waals surface area contributed by atoms with Gasteiger partial charge >= 0.3 is 0 Å². The molecule has 0 saturated carbocycles. The Morgan fingerprint density at radius 1 is 1.50 bits per heavy atom. The molecule has 30 heavy (non-hydrogen) atoms. The zero-order valence-electron chi connectivity index (χ0n) is 17.5. The molecule has 1 aromatic heterocycles. The van der Waals surface area contributed by atoms with Gasteiger partial charge in [0.15, 0.2) is 0 Å². The summed E-state index contributed by atoms with van der Waals surface area (Å²) in [7, 11) is -1.15. The maximum absolute atomic E-state index is 13.7. The summed E-state index contributed by atoms with van der Waals surface area (Å²) in [4.78, 5) is 13.6. The molecule has 2 N–H and O–H groups in total. The highest BCUT2D eigenvalue weighted by atomic mass is 32.2. The Balaban J connectivity index is 2.04. The molecule has 0 saturated heterocycles. The fourth-order valence-electron chi connectivity index (χ4n) is 3.69. The van der Waals surface area contributed by atoms with Gasteiger partial charge in [-0.1, -0.05) is 13.8 Å². The van der Waals surface area contributed by atoms with Crippen molar-refractivity contribution >= 4 is 21.5 Å². The number of carbonyl (C=O) groups excluding carboxylic acids is 1. The number of fused-ring (bicyclic) bond motifs is 1. The van der Waals surface area contributed by atoms with Gasteiger partial charge in [-0.2, -0.15) is 5.26 Å². The number of nitriles is 1. The second-order valence-corrected chi connectivity index (χ2v) is 9.66. The van der Waals surface area contributed by atoms with Crippen LogP contribution >= 0.6 is 0 Å². The lowest BCUT2D eigenvalue weighted by molar-refractivity contribution is 0.101. The van der Waals surface area contributed by atoms with E-state index in [1.165, 1.54) is 12.1 Å². The van der Waals surface area contributed by atoms with E-state index in [0.717, 1.165) is 12.5 Å². The van der Waals surface area contributed by atoms with Crippen LogP contribution in [-0.4, -0.2) is 27.3 Å². The third-order valence-electron chi connectivity index (χ3n) is 5.24. The normalized spacial score (nSPS) is 20.9. The minimum atomic E-state index is -2.87. The summed E-state index contributed by atoms with van der Waals surface area (Å²) in [5.41, 5.74) is 1.26. The van der Waals surface area contributed by atoms with E-state index >= 15 is 0 Å². The summed E-state index contributed by atoms with van der Waals surface area (Å²) in [6, 6.07) is 5.61. The van der Waals surface area contributed by atoms with Crippen molar-refractivity contribution in [2.24, 2.45) is 17.3 Å². The summed E-state index contributed by atoms with van der Waals surface area (Å²) in [5, 5.41) is 11.7. The Hall–Kier alpha value is -2.70.